The number of aliphatic hydroxyl groups excluding tert-OH is 1. The van der Waals surface area contributed by atoms with Crippen LogP contribution < -0.4 is 0 Å². The van der Waals surface area contributed by atoms with Gasteiger partial charge in [0.2, 0.25) is 0 Å². The topological polar surface area (TPSA) is 48.9 Å². The van der Waals surface area contributed by atoms with Crippen LogP contribution in [-0.4, -0.2) is 21.7 Å². The minimum absolute atomic E-state index is 0.233. The third kappa shape index (κ3) is 2.96. The van der Waals surface area contributed by atoms with E-state index in [2.05, 4.69) is 29.2 Å². The van der Waals surface area contributed by atoms with Gasteiger partial charge in [0.25, 0.3) is 0 Å². The molecule has 3 nitrogen and oxygen atoms in total. The second kappa shape index (κ2) is 5.47. The molecule has 0 amide bonds. The van der Waals surface area contributed by atoms with Gasteiger partial charge in [-0.3, -0.25) is 0 Å². The molecule has 2 heterocycles. The monoisotopic (exact) mass is 250 g/mol. The lowest BCUT2D eigenvalue weighted by atomic mass is 9.94. The second-order valence-corrected chi connectivity index (χ2v) is 5.56. The van der Waals surface area contributed by atoms with E-state index in [1.54, 1.807) is 11.3 Å². The van der Waals surface area contributed by atoms with Crippen molar-refractivity contribution in [3.63, 3.8) is 0 Å². The van der Waals surface area contributed by atoms with Crippen molar-refractivity contribution < 1.29 is 5.11 Å². The van der Waals surface area contributed by atoms with Gasteiger partial charge in [-0.05, 0) is 17.9 Å². The summed E-state index contributed by atoms with van der Waals surface area (Å²) in [6, 6.07) is 2.02. The maximum absolute atomic E-state index is 9.32. The van der Waals surface area contributed by atoms with Crippen LogP contribution in [0.1, 0.15) is 18.9 Å². The second-order valence-electron chi connectivity index (χ2n) is 4.62. The van der Waals surface area contributed by atoms with Gasteiger partial charge in [0.05, 0.1) is 10.7 Å². The van der Waals surface area contributed by atoms with Gasteiger partial charge in [-0.2, -0.15) is 0 Å². The Morgan fingerprint density at radius 3 is 2.88 bits per heavy atom. The van der Waals surface area contributed by atoms with E-state index in [0.29, 0.717) is 11.8 Å². The number of nitrogens with zero attached hydrogens (tertiary/aromatic N) is 1. The average molecular weight is 250 g/mol. The highest BCUT2D eigenvalue weighted by molar-refractivity contribution is 7.09. The Morgan fingerprint density at radius 2 is 2.29 bits per heavy atom. The van der Waals surface area contributed by atoms with Crippen LogP contribution >= 0.6 is 11.3 Å². The number of aliphatic hydroxyl groups is 1. The van der Waals surface area contributed by atoms with Crippen molar-refractivity contribution in [1.82, 2.24) is 9.97 Å². The smallest absolute Gasteiger partial charge is 0.0936 e. The van der Waals surface area contributed by atoms with Gasteiger partial charge in [-0.1, -0.05) is 13.8 Å². The summed E-state index contributed by atoms with van der Waals surface area (Å²) < 4.78 is 0. The number of nitrogens with one attached hydrogen (secondary N) is 1. The van der Waals surface area contributed by atoms with E-state index in [4.69, 9.17) is 0 Å². The van der Waals surface area contributed by atoms with Gasteiger partial charge in [-0.25, -0.2) is 4.98 Å². The summed E-state index contributed by atoms with van der Waals surface area (Å²) in [7, 11) is 0. The lowest BCUT2D eigenvalue weighted by Gasteiger charge is -2.16. The van der Waals surface area contributed by atoms with Crippen LogP contribution in [0.25, 0.3) is 11.3 Å². The molecular weight excluding hydrogens is 232 g/mol. The highest BCUT2D eigenvalue weighted by Gasteiger charge is 2.15. The van der Waals surface area contributed by atoms with Crippen molar-refractivity contribution in [2.75, 3.05) is 6.61 Å². The van der Waals surface area contributed by atoms with Crippen molar-refractivity contribution in [1.29, 1.82) is 0 Å². The maximum Gasteiger partial charge on any atom is 0.0936 e. The summed E-state index contributed by atoms with van der Waals surface area (Å²) in [5, 5.41) is 12.5. The number of H-pyrrole nitrogens is 1. The molecule has 0 aliphatic heterocycles. The molecule has 0 aliphatic rings. The summed E-state index contributed by atoms with van der Waals surface area (Å²) in [5.41, 5.74) is 2.14. The number of hydrogen-bond acceptors (Lipinski definition) is 3. The molecular formula is C13H18N2OS. The predicted octanol–water partition coefficient (Wildman–Crippen LogP) is 2.95. The molecule has 2 aromatic heterocycles. The molecule has 0 saturated carbocycles. The Balaban J connectivity index is 2.08. The number of hydrogen-bond donors (Lipinski definition) is 2. The summed E-state index contributed by atoms with van der Waals surface area (Å²) in [5.74, 6) is 0.792. The quantitative estimate of drug-likeness (QED) is 0.857. The average Bonchev–Trinajstić information content (AvgIpc) is 2.95. The standard InChI is InChI=1S/C13H18N2OS/c1-9(2)11(7-16)5-13-15-12(8-17-13)10-3-4-14-6-10/h3-4,6,8-9,11,14,16H,5,7H2,1-2H3. The van der Waals surface area contributed by atoms with Gasteiger partial charge in [0.15, 0.2) is 0 Å². The molecule has 0 spiro atoms. The van der Waals surface area contributed by atoms with Crippen molar-refractivity contribution in [2.24, 2.45) is 11.8 Å². The lowest BCUT2D eigenvalue weighted by Crippen LogP contribution is -2.16. The Labute approximate surface area is 106 Å². The highest BCUT2D eigenvalue weighted by atomic mass is 32.1. The molecule has 2 aromatic rings. The van der Waals surface area contributed by atoms with Gasteiger partial charge in [-0.15, -0.1) is 11.3 Å². The fourth-order valence-electron chi connectivity index (χ4n) is 1.76. The van der Waals surface area contributed by atoms with E-state index in [1.165, 1.54) is 0 Å². The first-order valence-corrected chi connectivity index (χ1v) is 6.77. The summed E-state index contributed by atoms with van der Waals surface area (Å²) >= 11 is 1.67. The molecule has 1 unspecified atom stereocenters. The van der Waals surface area contributed by atoms with E-state index in [1.807, 2.05) is 18.5 Å². The Hall–Kier alpha value is -1.13. The summed E-state index contributed by atoms with van der Waals surface area (Å²) in [6.45, 7) is 4.51. The van der Waals surface area contributed by atoms with Gasteiger partial charge >= 0.3 is 0 Å². The zero-order valence-electron chi connectivity index (χ0n) is 10.2. The minimum Gasteiger partial charge on any atom is -0.396 e. The largest absolute Gasteiger partial charge is 0.396 e. The Bertz CT molecular complexity index is 448. The molecule has 4 heteroatoms. The molecule has 17 heavy (non-hydrogen) atoms. The summed E-state index contributed by atoms with van der Waals surface area (Å²) in [6.07, 6.45) is 4.72. The SMILES string of the molecule is CC(C)C(CO)Cc1nc(-c2cc[nH]c2)cs1. The zero-order chi connectivity index (χ0) is 12.3. The normalized spacial score (nSPS) is 13.2. The van der Waals surface area contributed by atoms with Crippen molar-refractivity contribution >= 4 is 11.3 Å². The number of thiazole rings is 1. The fraction of sp³-hybridized carbons (Fsp3) is 0.462. The molecule has 0 fully saturated rings. The maximum atomic E-state index is 9.32. The van der Waals surface area contributed by atoms with E-state index in [-0.39, 0.29) is 6.61 Å². The predicted molar refractivity (Wildman–Crippen MR) is 71.0 cm³/mol. The van der Waals surface area contributed by atoms with E-state index >= 15 is 0 Å². The molecule has 92 valence electrons. The van der Waals surface area contributed by atoms with Crippen LogP contribution in [0.2, 0.25) is 0 Å². The first-order chi connectivity index (χ1) is 8.20. The van der Waals surface area contributed by atoms with Crippen LogP contribution in [0.3, 0.4) is 0 Å². The fourth-order valence-corrected chi connectivity index (χ4v) is 2.65. The summed E-state index contributed by atoms with van der Waals surface area (Å²) in [4.78, 5) is 7.64. The third-order valence-electron chi connectivity index (χ3n) is 3.06. The van der Waals surface area contributed by atoms with Gasteiger partial charge < -0.3 is 10.1 Å². The van der Waals surface area contributed by atoms with Crippen molar-refractivity contribution in [2.45, 2.75) is 20.3 Å². The minimum atomic E-state index is 0.233. The number of aromatic amines is 1. The third-order valence-corrected chi connectivity index (χ3v) is 3.93. The van der Waals surface area contributed by atoms with E-state index in [9.17, 15) is 5.11 Å². The van der Waals surface area contributed by atoms with E-state index < -0.39 is 0 Å². The number of aromatic nitrogens is 2. The van der Waals surface area contributed by atoms with Crippen LogP contribution in [-0.2, 0) is 6.42 Å². The van der Waals surface area contributed by atoms with E-state index in [0.717, 1.165) is 22.7 Å². The van der Waals surface area contributed by atoms with Crippen LogP contribution in [0, 0.1) is 11.8 Å². The molecule has 0 aromatic carbocycles. The molecule has 2 rings (SSSR count). The Morgan fingerprint density at radius 1 is 1.47 bits per heavy atom. The first-order valence-electron chi connectivity index (χ1n) is 5.89. The highest BCUT2D eigenvalue weighted by Crippen LogP contribution is 2.24. The van der Waals surface area contributed by atoms with Crippen LogP contribution in [0.5, 0.6) is 0 Å². The molecule has 0 radical (unpaired) electrons. The van der Waals surface area contributed by atoms with Gasteiger partial charge in [0, 0.05) is 36.4 Å². The molecule has 0 bridgehead atoms. The van der Waals surface area contributed by atoms with Crippen LogP contribution in [0.15, 0.2) is 23.8 Å². The zero-order valence-corrected chi connectivity index (χ0v) is 11.0. The molecule has 1 atom stereocenters. The van der Waals surface area contributed by atoms with Gasteiger partial charge in [0.1, 0.15) is 0 Å². The number of rotatable bonds is 5. The first kappa shape index (κ1) is 12.3. The molecule has 0 saturated heterocycles. The Kier molecular flexibility index (Phi) is 3.97. The molecule has 2 N–H and O–H groups in total. The van der Waals surface area contributed by atoms with Crippen molar-refractivity contribution in [3.05, 3.63) is 28.8 Å². The van der Waals surface area contributed by atoms with Crippen LogP contribution in [0.4, 0.5) is 0 Å². The lowest BCUT2D eigenvalue weighted by molar-refractivity contribution is 0.189. The van der Waals surface area contributed by atoms with Crippen molar-refractivity contribution in [3.8, 4) is 11.3 Å². The molecule has 0 aliphatic carbocycles.